The summed E-state index contributed by atoms with van der Waals surface area (Å²) in [5.74, 6) is -0.425. The summed E-state index contributed by atoms with van der Waals surface area (Å²) in [5.41, 5.74) is -1.08. The van der Waals surface area contributed by atoms with Crippen LogP contribution in [0.3, 0.4) is 0 Å². The maximum Gasteiger partial charge on any atom is 0.302 e. The summed E-state index contributed by atoms with van der Waals surface area (Å²) in [6.07, 6.45) is 1.52. The van der Waals surface area contributed by atoms with Gasteiger partial charge in [-0.1, -0.05) is 6.07 Å². The number of anilines is 1. The lowest BCUT2D eigenvalue weighted by Gasteiger charge is -2.28. The van der Waals surface area contributed by atoms with E-state index in [0.29, 0.717) is 10.8 Å². The zero-order chi connectivity index (χ0) is 16.5. The molecule has 0 aliphatic carbocycles. The predicted octanol–water partition coefficient (Wildman–Crippen LogP) is 1.99. The third-order valence-electron chi connectivity index (χ3n) is 3.41. The fourth-order valence-electron chi connectivity index (χ4n) is 2.25. The molecule has 0 spiro atoms. The summed E-state index contributed by atoms with van der Waals surface area (Å²) in [4.78, 5) is 23.6. The van der Waals surface area contributed by atoms with Gasteiger partial charge in [0.15, 0.2) is 0 Å². The molecule has 1 aromatic heterocycles. The molecular weight excluding hydrogens is 288 g/mol. The molecule has 0 radical (unpaired) electrons. The Hall–Kier alpha value is -2.38. The lowest BCUT2D eigenvalue weighted by Crippen LogP contribution is -2.40. The van der Waals surface area contributed by atoms with Gasteiger partial charge in [-0.15, -0.1) is 0 Å². The Labute approximate surface area is 126 Å². The van der Waals surface area contributed by atoms with Crippen molar-refractivity contribution in [1.29, 1.82) is 0 Å². The van der Waals surface area contributed by atoms with Gasteiger partial charge in [0.25, 0.3) is 5.56 Å². The van der Waals surface area contributed by atoms with Crippen molar-refractivity contribution in [2.45, 2.75) is 26.3 Å². The number of aromatic nitrogens is 1. The predicted molar refractivity (Wildman–Crippen MR) is 81.8 cm³/mol. The van der Waals surface area contributed by atoms with Crippen LogP contribution in [-0.2, 0) is 15.1 Å². The molecule has 1 aromatic carbocycles. The van der Waals surface area contributed by atoms with Crippen LogP contribution in [0.4, 0.5) is 5.69 Å². The molecule has 0 aliphatic rings. The van der Waals surface area contributed by atoms with Crippen LogP contribution in [0.2, 0.25) is 0 Å². The quantitative estimate of drug-likeness (QED) is 0.685. The molecule has 0 unspecified atom stereocenters. The lowest BCUT2D eigenvalue weighted by molar-refractivity contribution is -0.143. The third kappa shape index (κ3) is 2.95. The molecule has 0 saturated heterocycles. The Balaban J connectivity index is 2.57. The zero-order valence-corrected chi connectivity index (χ0v) is 12.6. The van der Waals surface area contributed by atoms with E-state index in [1.54, 1.807) is 26.0 Å². The number of pyridine rings is 1. The van der Waals surface area contributed by atoms with Crippen LogP contribution in [0.5, 0.6) is 0 Å². The van der Waals surface area contributed by atoms with Crippen LogP contribution in [0.25, 0.3) is 10.8 Å². The van der Waals surface area contributed by atoms with Gasteiger partial charge in [0.05, 0.1) is 11.2 Å². The molecule has 7 nitrogen and oxygen atoms in total. The Morgan fingerprint density at radius 3 is 2.64 bits per heavy atom. The molecule has 2 rings (SSSR count). The highest BCUT2D eigenvalue weighted by atomic mass is 16.8. The van der Waals surface area contributed by atoms with Crippen molar-refractivity contribution in [3.05, 3.63) is 46.0 Å². The number of hydrogen-bond donors (Lipinski definition) is 1. The number of ether oxygens (including phenoxy) is 1. The highest BCUT2D eigenvalue weighted by Crippen LogP contribution is 2.24. The van der Waals surface area contributed by atoms with Gasteiger partial charge in [0.2, 0.25) is 0 Å². The second-order valence-electron chi connectivity index (χ2n) is 5.59. The minimum Gasteiger partial charge on any atom is -0.733 e. The van der Waals surface area contributed by atoms with Crippen molar-refractivity contribution in [2.24, 2.45) is 0 Å². The number of rotatable bonds is 4. The van der Waals surface area contributed by atoms with E-state index >= 15 is 0 Å². The minimum atomic E-state index is -0.747. The number of carbonyl (C=O) groups excluding carboxylic acids is 1. The summed E-state index contributed by atoms with van der Waals surface area (Å²) >= 11 is 0. The smallest absolute Gasteiger partial charge is 0.302 e. The van der Waals surface area contributed by atoms with E-state index in [9.17, 15) is 14.8 Å². The van der Waals surface area contributed by atoms with Crippen molar-refractivity contribution in [1.82, 2.24) is 4.57 Å². The summed E-state index contributed by atoms with van der Waals surface area (Å²) in [7, 11) is 0. The Kier molecular flexibility index (Phi) is 4.20. The molecule has 0 fully saturated rings. The Morgan fingerprint density at radius 2 is 2.05 bits per heavy atom. The van der Waals surface area contributed by atoms with Crippen molar-refractivity contribution in [3.8, 4) is 0 Å². The molecule has 0 amide bonds. The number of fused-ring (bicyclic) bond motifs is 1. The molecule has 1 N–H and O–H groups in total. The topological polar surface area (TPSA) is 94.8 Å². The van der Waals surface area contributed by atoms with E-state index in [1.165, 1.54) is 29.8 Å². The molecule has 1 heterocycles. The van der Waals surface area contributed by atoms with E-state index in [2.05, 4.69) is 0 Å². The Bertz CT molecular complexity index is 764. The van der Waals surface area contributed by atoms with Gasteiger partial charge < -0.3 is 19.7 Å². The molecule has 0 bridgehead atoms. The number of nitrogens with zero attached hydrogens (tertiary/aromatic N) is 2. The van der Waals surface area contributed by atoms with Crippen LogP contribution < -0.4 is 10.8 Å². The van der Waals surface area contributed by atoms with Crippen molar-refractivity contribution in [2.75, 3.05) is 11.8 Å². The number of esters is 1. The van der Waals surface area contributed by atoms with E-state index in [4.69, 9.17) is 9.94 Å². The van der Waals surface area contributed by atoms with Gasteiger partial charge in [-0.2, -0.15) is 0 Å². The highest BCUT2D eigenvalue weighted by Gasteiger charge is 2.24. The third-order valence-corrected chi connectivity index (χ3v) is 3.41. The maximum absolute atomic E-state index is 12.6. The SMILES string of the molecule is CC(=O)OCC(C)(C)n1ccc2c(N([O-])O)cccc2c1=O. The van der Waals surface area contributed by atoms with Crippen molar-refractivity contribution in [3.63, 3.8) is 0 Å². The fraction of sp³-hybridized carbons (Fsp3) is 0.333. The second kappa shape index (κ2) is 5.78. The van der Waals surface area contributed by atoms with Gasteiger partial charge in [-0.3, -0.25) is 14.8 Å². The largest absolute Gasteiger partial charge is 0.733 e. The first-order valence-corrected chi connectivity index (χ1v) is 6.68. The number of hydrogen-bond acceptors (Lipinski definition) is 6. The van der Waals surface area contributed by atoms with Crippen molar-refractivity contribution < 1.29 is 14.7 Å². The van der Waals surface area contributed by atoms with E-state index in [0.717, 1.165) is 0 Å². The van der Waals surface area contributed by atoms with Gasteiger partial charge in [-0.25, -0.2) is 0 Å². The van der Waals surface area contributed by atoms with Crippen LogP contribution in [0.15, 0.2) is 35.3 Å². The minimum absolute atomic E-state index is 0.000424. The average molecular weight is 305 g/mol. The molecule has 0 saturated carbocycles. The van der Waals surface area contributed by atoms with Gasteiger partial charge >= 0.3 is 5.97 Å². The lowest BCUT2D eigenvalue weighted by atomic mass is 10.0. The van der Waals surface area contributed by atoms with Gasteiger partial charge in [-0.05, 0) is 32.0 Å². The van der Waals surface area contributed by atoms with E-state index in [1.807, 2.05) is 0 Å². The summed E-state index contributed by atoms with van der Waals surface area (Å²) in [6, 6.07) is 6.08. The van der Waals surface area contributed by atoms with Crippen LogP contribution in [0, 0.1) is 5.21 Å². The number of carbonyl (C=O) groups is 1. The molecule has 118 valence electrons. The van der Waals surface area contributed by atoms with Crippen molar-refractivity contribution >= 4 is 22.4 Å². The van der Waals surface area contributed by atoms with Crippen LogP contribution >= 0.6 is 0 Å². The standard InChI is InChI=1S/C15H17N2O5/c1-10(18)22-9-15(2,3)16-8-7-11-12(14(16)19)5-4-6-13(11)17(20)21/h4-8,20H,9H2,1-3H3/q-1. The molecule has 0 atom stereocenters. The second-order valence-corrected chi connectivity index (χ2v) is 5.59. The first-order chi connectivity index (χ1) is 10.2. The maximum atomic E-state index is 12.6. The zero-order valence-electron chi connectivity index (χ0n) is 12.6. The van der Waals surface area contributed by atoms with Crippen LogP contribution in [0.1, 0.15) is 20.8 Å². The van der Waals surface area contributed by atoms with Gasteiger partial charge in [0, 0.05) is 23.9 Å². The molecule has 2 aromatic rings. The fourth-order valence-corrected chi connectivity index (χ4v) is 2.25. The summed E-state index contributed by atoms with van der Waals surface area (Å²) in [5, 5.41) is 20.6. The number of benzene rings is 1. The normalized spacial score (nSPS) is 11.5. The first-order valence-electron chi connectivity index (χ1n) is 6.68. The molecule has 22 heavy (non-hydrogen) atoms. The first kappa shape index (κ1) is 16.0. The summed E-state index contributed by atoms with van der Waals surface area (Å²) < 4.78 is 6.43. The Morgan fingerprint density at radius 1 is 1.36 bits per heavy atom. The highest BCUT2D eigenvalue weighted by molar-refractivity contribution is 5.93. The monoisotopic (exact) mass is 305 g/mol. The average Bonchev–Trinajstić information content (AvgIpc) is 2.45. The molecule has 7 heteroatoms. The molecular formula is C15H17N2O5-. The molecule has 0 aliphatic heterocycles. The van der Waals surface area contributed by atoms with Gasteiger partial charge in [0.1, 0.15) is 6.61 Å². The van der Waals surface area contributed by atoms with E-state index in [-0.39, 0.29) is 23.1 Å². The summed E-state index contributed by atoms with van der Waals surface area (Å²) in [6.45, 7) is 4.87. The van der Waals surface area contributed by atoms with E-state index < -0.39 is 11.5 Å². The van der Waals surface area contributed by atoms with Crippen LogP contribution in [-0.4, -0.2) is 22.4 Å².